The molecule has 0 saturated heterocycles. The van der Waals surface area contributed by atoms with Crippen LogP contribution in [0.1, 0.15) is 34.8 Å². The van der Waals surface area contributed by atoms with E-state index in [1.807, 2.05) is 30.3 Å². The number of anilines is 1. The molecule has 0 bridgehead atoms. The number of benzene rings is 2. The summed E-state index contributed by atoms with van der Waals surface area (Å²) in [5.41, 5.74) is 4.24. The summed E-state index contributed by atoms with van der Waals surface area (Å²) in [6.45, 7) is 3.07. The summed E-state index contributed by atoms with van der Waals surface area (Å²) in [6, 6.07) is 11.3. The zero-order valence-corrected chi connectivity index (χ0v) is 15.2. The number of rotatable bonds is 5. The summed E-state index contributed by atoms with van der Waals surface area (Å²) in [4.78, 5) is 12.5. The summed E-state index contributed by atoms with van der Waals surface area (Å²) < 4.78 is 5.12. The number of allylic oxidation sites excluding steroid dienone is 1. The molecule has 0 radical (unpaired) electrons. The third-order valence-electron chi connectivity index (χ3n) is 4.15. The second kappa shape index (κ2) is 8.08. The maximum absolute atomic E-state index is 12.5. The van der Waals surface area contributed by atoms with Gasteiger partial charge in [-0.15, -0.1) is 12.4 Å². The highest BCUT2D eigenvalue weighted by Crippen LogP contribution is 2.36. The van der Waals surface area contributed by atoms with Crippen molar-refractivity contribution in [3.05, 3.63) is 58.7 Å². The van der Waals surface area contributed by atoms with Gasteiger partial charge in [0.25, 0.3) is 0 Å². The molecule has 0 saturated carbocycles. The van der Waals surface area contributed by atoms with Gasteiger partial charge >= 0.3 is 0 Å². The average Bonchev–Trinajstić information content (AvgIpc) is 2.89. The first kappa shape index (κ1) is 18.9. The monoisotopic (exact) mass is 359 g/mol. The Balaban J connectivity index is 0.00000225. The standard InChI is InChI=1S/C20H21NO3.ClH/c1-3-8-21-16-6-4-13(5-7-16)9-15-10-14-11-19(24-2)18(22)12-17(14)20(15)23;/h4-7,9,11-12,21-22H,3,8,10H2,1-2H3;1H/b15-9+;. The first-order chi connectivity index (χ1) is 11.6. The Morgan fingerprint density at radius 1 is 1.24 bits per heavy atom. The van der Waals surface area contributed by atoms with Crippen molar-refractivity contribution in [1.82, 2.24) is 0 Å². The van der Waals surface area contributed by atoms with Crippen molar-refractivity contribution in [2.24, 2.45) is 0 Å². The van der Waals surface area contributed by atoms with Crippen LogP contribution in [0.15, 0.2) is 42.0 Å². The van der Waals surface area contributed by atoms with Crippen molar-refractivity contribution < 1.29 is 14.6 Å². The number of nitrogens with one attached hydrogen (secondary N) is 1. The van der Waals surface area contributed by atoms with Crippen LogP contribution in [0.2, 0.25) is 0 Å². The van der Waals surface area contributed by atoms with Crippen LogP contribution in [0.4, 0.5) is 5.69 Å². The molecule has 0 atom stereocenters. The van der Waals surface area contributed by atoms with Gasteiger partial charge in [-0.1, -0.05) is 19.1 Å². The maximum Gasteiger partial charge on any atom is 0.189 e. The van der Waals surface area contributed by atoms with E-state index in [0.717, 1.165) is 35.4 Å². The lowest BCUT2D eigenvalue weighted by Crippen LogP contribution is -1.99. The van der Waals surface area contributed by atoms with Crippen molar-refractivity contribution in [1.29, 1.82) is 0 Å². The van der Waals surface area contributed by atoms with Gasteiger partial charge in [-0.3, -0.25) is 4.79 Å². The molecule has 0 amide bonds. The van der Waals surface area contributed by atoms with Crippen LogP contribution in [0, 0.1) is 0 Å². The number of ether oxygens (including phenoxy) is 1. The summed E-state index contributed by atoms with van der Waals surface area (Å²) in [5, 5.41) is 13.2. The number of fused-ring (bicyclic) bond motifs is 1. The zero-order valence-electron chi connectivity index (χ0n) is 14.3. The smallest absolute Gasteiger partial charge is 0.189 e. The van der Waals surface area contributed by atoms with Gasteiger partial charge in [0.05, 0.1) is 7.11 Å². The van der Waals surface area contributed by atoms with E-state index in [2.05, 4.69) is 12.2 Å². The summed E-state index contributed by atoms with van der Waals surface area (Å²) in [6.07, 6.45) is 3.55. The topological polar surface area (TPSA) is 58.6 Å². The van der Waals surface area contributed by atoms with Crippen LogP contribution in [-0.2, 0) is 6.42 Å². The molecule has 0 spiro atoms. The number of hydrogen-bond donors (Lipinski definition) is 2. The Hall–Kier alpha value is -2.46. The minimum Gasteiger partial charge on any atom is -0.504 e. The lowest BCUT2D eigenvalue weighted by atomic mass is 10.1. The second-order valence-corrected chi connectivity index (χ2v) is 5.91. The molecule has 1 aliphatic rings. The number of Topliss-reactive ketones (excluding diaryl/α,β-unsaturated/α-hetero) is 1. The largest absolute Gasteiger partial charge is 0.504 e. The molecule has 0 heterocycles. The number of phenols is 1. The van der Waals surface area contributed by atoms with E-state index in [9.17, 15) is 9.90 Å². The van der Waals surface area contributed by atoms with E-state index in [-0.39, 0.29) is 23.9 Å². The lowest BCUT2D eigenvalue weighted by molar-refractivity contribution is 0.104. The Labute approximate surface area is 153 Å². The van der Waals surface area contributed by atoms with Gasteiger partial charge in [0.1, 0.15) is 0 Å². The number of phenolic OH excluding ortho intramolecular Hbond substituents is 1. The zero-order chi connectivity index (χ0) is 17.1. The maximum atomic E-state index is 12.5. The number of hydrogen-bond acceptors (Lipinski definition) is 4. The number of carbonyl (C=O) groups excluding carboxylic acids is 1. The quantitative estimate of drug-likeness (QED) is 0.773. The fourth-order valence-electron chi connectivity index (χ4n) is 2.87. The molecule has 0 fully saturated rings. The Kier molecular flexibility index (Phi) is 6.10. The lowest BCUT2D eigenvalue weighted by Gasteiger charge is -2.05. The normalized spacial score (nSPS) is 14.2. The van der Waals surface area contributed by atoms with Crippen LogP contribution in [0.3, 0.4) is 0 Å². The second-order valence-electron chi connectivity index (χ2n) is 5.91. The van der Waals surface area contributed by atoms with Gasteiger partial charge < -0.3 is 15.2 Å². The minimum atomic E-state index is -0.0314. The van der Waals surface area contributed by atoms with Gasteiger partial charge in [0, 0.05) is 29.8 Å². The third-order valence-corrected chi connectivity index (χ3v) is 4.15. The Morgan fingerprint density at radius 3 is 2.60 bits per heavy atom. The highest BCUT2D eigenvalue weighted by Gasteiger charge is 2.26. The SMILES string of the molecule is CCCNc1ccc(/C=C2\Cc3cc(OC)c(O)cc3C2=O)cc1.Cl. The summed E-state index contributed by atoms with van der Waals surface area (Å²) >= 11 is 0. The van der Waals surface area contributed by atoms with Crippen molar-refractivity contribution in [2.75, 3.05) is 19.0 Å². The minimum absolute atomic E-state index is 0. The van der Waals surface area contributed by atoms with Gasteiger partial charge in [-0.2, -0.15) is 0 Å². The van der Waals surface area contributed by atoms with Crippen molar-refractivity contribution in [3.8, 4) is 11.5 Å². The summed E-state index contributed by atoms with van der Waals surface area (Å²) in [7, 11) is 1.50. The molecule has 2 N–H and O–H groups in total. The van der Waals surface area contributed by atoms with Gasteiger partial charge in [0.2, 0.25) is 0 Å². The molecule has 0 aromatic heterocycles. The van der Waals surface area contributed by atoms with Gasteiger partial charge in [-0.05, 0) is 47.9 Å². The molecule has 3 rings (SSSR count). The van der Waals surface area contributed by atoms with Crippen LogP contribution in [-0.4, -0.2) is 24.5 Å². The first-order valence-electron chi connectivity index (χ1n) is 8.11. The van der Waals surface area contributed by atoms with Crippen molar-refractivity contribution in [3.63, 3.8) is 0 Å². The predicted octanol–water partition coefficient (Wildman–Crippen LogP) is 4.47. The fraction of sp³-hybridized carbons (Fsp3) is 0.250. The molecule has 25 heavy (non-hydrogen) atoms. The predicted molar refractivity (Wildman–Crippen MR) is 103 cm³/mol. The molecule has 5 heteroatoms. The molecule has 4 nitrogen and oxygen atoms in total. The highest BCUT2D eigenvalue weighted by atomic mass is 35.5. The highest BCUT2D eigenvalue weighted by molar-refractivity contribution is 6.15. The van der Waals surface area contributed by atoms with E-state index < -0.39 is 0 Å². The molecule has 0 aliphatic heterocycles. The van der Waals surface area contributed by atoms with Gasteiger partial charge in [0.15, 0.2) is 17.3 Å². The van der Waals surface area contributed by atoms with E-state index in [4.69, 9.17) is 4.74 Å². The molecule has 132 valence electrons. The fourth-order valence-corrected chi connectivity index (χ4v) is 2.87. The average molecular weight is 360 g/mol. The van der Waals surface area contributed by atoms with E-state index in [0.29, 0.717) is 17.7 Å². The van der Waals surface area contributed by atoms with Crippen molar-refractivity contribution in [2.45, 2.75) is 19.8 Å². The summed E-state index contributed by atoms with van der Waals surface area (Å²) in [5.74, 6) is 0.363. The molecular formula is C20H22ClNO3. The van der Waals surface area contributed by atoms with E-state index in [1.165, 1.54) is 13.2 Å². The van der Waals surface area contributed by atoms with Gasteiger partial charge in [-0.25, -0.2) is 0 Å². The number of halogens is 1. The number of aromatic hydroxyl groups is 1. The van der Waals surface area contributed by atoms with Crippen LogP contribution in [0.5, 0.6) is 11.5 Å². The van der Waals surface area contributed by atoms with Crippen LogP contribution in [0.25, 0.3) is 6.08 Å². The first-order valence-corrected chi connectivity index (χ1v) is 8.11. The van der Waals surface area contributed by atoms with E-state index in [1.54, 1.807) is 6.07 Å². The van der Waals surface area contributed by atoms with Crippen LogP contribution < -0.4 is 10.1 Å². The Bertz CT molecular complexity index is 797. The van der Waals surface area contributed by atoms with Crippen molar-refractivity contribution >= 4 is 30.0 Å². The molecule has 2 aromatic rings. The Morgan fingerprint density at radius 2 is 1.96 bits per heavy atom. The molecular weight excluding hydrogens is 338 g/mol. The third kappa shape index (κ3) is 3.97. The van der Waals surface area contributed by atoms with Crippen LogP contribution >= 0.6 is 12.4 Å². The molecule has 2 aromatic carbocycles. The number of methoxy groups -OCH3 is 1. The molecule has 0 unspecified atom stereocenters. The number of carbonyl (C=O) groups is 1. The van der Waals surface area contributed by atoms with E-state index >= 15 is 0 Å². The number of ketones is 1. The molecule has 1 aliphatic carbocycles.